The highest BCUT2D eigenvalue weighted by atomic mass is 35.5. The summed E-state index contributed by atoms with van der Waals surface area (Å²) in [6, 6.07) is 5.59. The maximum Gasteiger partial charge on any atom is 0.0542 e. The van der Waals surface area contributed by atoms with E-state index in [-0.39, 0.29) is 0 Å². The van der Waals surface area contributed by atoms with E-state index in [1.807, 2.05) is 18.2 Å². The van der Waals surface area contributed by atoms with Crippen LogP contribution in [0.3, 0.4) is 0 Å². The lowest BCUT2D eigenvalue weighted by Gasteiger charge is -2.07. The van der Waals surface area contributed by atoms with E-state index in [0.717, 1.165) is 40.2 Å². The molecule has 0 fully saturated rings. The van der Waals surface area contributed by atoms with E-state index in [9.17, 15) is 0 Å². The van der Waals surface area contributed by atoms with Gasteiger partial charge in [0.25, 0.3) is 0 Å². The quantitative estimate of drug-likeness (QED) is 0.576. The molecule has 1 nitrogen and oxygen atoms in total. The number of thioether (sulfide) groups is 1. The van der Waals surface area contributed by atoms with Crippen LogP contribution in [0.5, 0.6) is 0 Å². The molecule has 1 aromatic rings. The number of rotatable bonds is 7. The summed E-state index contributed by atoms with van der Waals surface area (Å²) < 4.78 is 0. The first-order valence-corrected chi connectivity index (χ1v) is 7.62. The minimum atomic E-state index is 0.713. The number of nitrogens with one attached hydrogen (secondary N) is 1. The van der Waals surface area contributed by atoms with E-state index in [4.69, 9.17) is 23.2 Å². The van der Waals surface area contributed by atoms with Gasteiger partial charge in [0, 0.05) is 9.92 Å². The van der Waals surface area contributed by atoms with Gasteiger partial charge in [-0.2, -0.15) is 0 Å². The van der Waals surface area contributed by atoms with Crippen molar-refractivity contribution in [3.05, 3.63) is 28.2 Å². The van der Waals surface area contributed by atoms with Gasteiger partial charge in [0.2, 0.25) is 0 Å². The van der Waals surface area contributed by atoms with Gasteiger partial charge < -0.3 is 5.32 Å². The van der Waals surface area contributed by atoms with Crippen LogP contribution in [0.1, 0.15) is 20.3 Å². The van der Waals surface area contributed by atoms with Crippen LogP contribution in [0.15, 0.2) is 23.1 Å². The maximum absolute atomic E-state index is 6.08. The summed E-state index contributed by atoms with van der Waals surface area (Å²) in [5.74, 6) is 1.77. The molecule has 0 amide bonds. The van der Waals surface area contributed by atoms with Crippen molar-refractivity contribution in [2.75, 3.05) is 18.8 Å². The molecule has 0 aliphatic carbocycles. The van der Waals surface area contributed by atoms with Crippen molar-refractivity contribution in [3.8, 4) is 0 Å². The average Bonchev–Trinajstić information content (AvgIpc) is 2.27. The molecular weight excluding hydrogens is 273 g/mol. The Morgan fingerprint density at radius 3 is 2.76 bits per heavy atom. The van der Waals surface area contributed by atoms with Crippen molar-refractivity contribution in [1.29, 1.82) is 0 Å². The Bertz CT molecular complexity index is 342. The second-order valence-corrected chi connectivity index (χ2v) is 6.36. The maximum atomic E-state index is 6.08. The molecule has 0 aliphatic rings. The van der Waals surface area contributed by atoms with E-state index in [0.29, 0.717) is 5.92 Å². The van der Waals surface area contributed by atoms with Gasteiger partial charge in [0.15, 0.2) is 0 Å². The highest BCUT2D eigenvalue weighted by molar-refractivity contribution is 7.99. The average molecular weight is 292 g/mol. The van der Waals surface area contributed by atoms with Crippen molar-refractivity contribution in [3.63, 3.8) is 0 Å². The zero-order chi connectivity index (χ0) is 12.7. The highest BCUT2D eigenvalue weighted by Gasteiger charge is 2.01. The molecule has 0 heterocycles. The molecule has 1 N–H and O–H groups in total. The second-order valence-electron chi connectivity index (χ2n) is 4.37. The fourth-order valence-corrected chi connectivity index (χ4v) is 2.80. The van der Waals surface area contributed by atoms with Crippen molar-refractivity contribution in [2.24, 2.45) is 5.92 Å². The Hall–Kier alpha value is 0.110. The molecule has 1 rings (SSSR count). The standard InChI is InChI=1S/C13H19Cl2NS/c1-10(2)9-16-6-3-7-17-13-8-11(14)4-5-12(13)15/h4-5,8,10,16H,3,6-7,9H2,1-2H3. The summed E-state index contributed by atoms with van der Waals surface area (Å²) in [6.45, 7) is 6.58. The normalized spacial score (nSPS) is 11.1. The van der Waals surface area contributed by atoms with Gasteiger partial charge in [-0.05, 0) is 49.4 Å². The van der Waals surface area contributed by atoms with E-state index >= 15 is 0 Å². The Morgan fingerprint density at radius 1 is 1.29 bits per heavy atom. The molecule has 96 valence electrons. The van der Waals surface area contributed by atoms with Crippen molar-refractivity contribution >= 4 is 35.0 Å². The van der Waals surface area contributed by atoms with Gasteiger partial charge in [0.05, 0.1) is 5.02 Å². The molecule has 0 aromatic heterocycles. The predicted molar refractivity (Wildman–Crippen MR) is 79.5 cm³/mol. The Morgan fingerprint density at radius 2 is 2.06 bits per heavy atom. The van der Waals surface area contributed by atoms with E-state index in [1.54, 1.807) is 11.8 Å². The van der Waals surface area contributed by atoms with E-state index < -0.39 is 0 Å². The topological polar surface area (TPSA) is 12.0 Å². The smallest absolute Gasteiger partial charge is 0.0542 e. The number of hydrogen-bond donors (Lipinski definition) is 1. The third kappa shape index (κ3) is 6.56. The van der Waals surface area contributed by atoms with Crippen LogP contribution in [0.25, 0.3) is 0 Å². The van der Waals surface area contributed by atoms with Crippen LogP contribution in [0, 0.1) is 5.92 Å². The predicted octanol–water partition coefficient (Wildman–Crippen LogP) is 4.72. The molecule has 0 radical (unpaired) electrons. The van der Waals surface area contributed by atoms with Crippen LogP contribution >= 0.6 is 35.0 Å². The Kier molecular flexibility index (Phi) is 7.36. The fraction of sp³-hybridized carbons (Fsp3) is 0.538. The Balaban J connectivity index is 2.20. The summed E-state index contributed by atoms with van der Waals surface area (Å²) in [5, 5.41) is 4.96. The summed E-state index contributed by atoms with van der Waals surface area (Å²) >= 11 is 13.8. The molecule has 0 saturated heterocycles. The van der Waals surface area contributed by atoms with Crippen LogP contribution in [0.2, 0.25) is 10.0 Å². The Labute approximate surface area is 118 Å². The zero-order valence-corrected chi connectivity index (χ0v) is 12.6. The first-order valence-electron chi connectivity index (χ1n) is 5.88. The van der Waals surface area contributed by atoms with Crippen LogP contribution in [0.4, 0.5) is 0 Å². The molecule has 0 atom stereocenters. The van der Waals surface area contributed by atoms with Gasteiger partial charge in [-0.1, -0.05) is 37.0 Å². The summed E-state index contributed by atoms with van der Waals surface area (Å²) in [4.78, 5) is 1.07. The third-order valence-corrected chi connectivity index (χ3v) is 4.02. The van der Waals surface area contributed by atoms with Gasteiger partial charge in [0.1, 0.15) is 0 Å². The molecule has 0 saturated carbocycles. The minimum Gasteiger partial charge on any atom is -0.316 e. The molecule has 0 bridgehead atoms. The SMILES string of the molecule is CC(C)CNCCCSc1cc(Cl)ccc1Cl. The zero-order valence-electron chi connectivity index (χ0n) is 10.3. The molecule has 17 heavy (non-hydrogen) atoms. The lowest BCUT2D eigenvalue weighted by Crippen LogP contribution is -2.21. The van der Waals surface area contributed by atoms with Crippen LogP contribution in [-0.2, 0) is 0 Å². The van der Waals surface area contributed by atoms with Gasteiger partial charge >= 0.3 is 0 Å². The first kappa shape index (κ1) is 15.2. The van der Waals surface area contributed by atoms with E-state index in [2.05, 4.69) is 19.2 Å². The largest absolute Gasteiger partial charge is 0.316 e. The van der Waals surface area contributed by atoms with Crippen LogP contribution < -0.4 is 5.32 Å². The first-order chi connectivity index (χ1) is 8.09. The summed E-state index contributed by atoms with van der Waals surface area (Å²) in [6.07, 6.45) is 1.14. The van der Waals surface area contributed by atoms with Gasteiger partial charge in [-0.25, -0.2) is 0 Å². The molecule has 0 aliphatic heterocycles. The van der Waals surface area contributed by atoms with Crippen molar-refractivity contribution < 1.29 is 0 Å². The van der Waals surface area contributed by atoms with Crippen molar-refractivity contribution in [2.45, 2.75) is 25.2 Å². The van der Waals surface area contributed by atoms with Crippen molar-refractivity contribution in [1.82, 2.24) is 5.32 Å². The lowest BCUT2D eigenvalue weighted by molar-refractivity contribution is 0.552. The monoisotopic (exact) mass is 291 g/mol. The minimum absolute atomic E-state index is 0.713. The third-order valence-electron chi connectivity index (χ3n) is 2.20. The highest BCUT2D eigenvalue weighted by Crippen LogP contribution is 2.29. The molecule has 0 spiro atoms. The van der Waals surface area contributed by atoms with E-state index in [1.165, 1.54) is 0 Å². The lowest BCUT2D eigenvalue weighted by atomic mass is 10.2. The summed E-state index contributed by atoms with van der Waals surface area (Å²) in [7, 11) is 0. The number of halogens is 2. The number of benzene rings is 1. The molecule has 4 heteroatoms. The van der Waals surface area contributed by atoms with Gasteiger partial charge in [-0.15, -0.1) is 11.8 Å². The van der Waals surface area contributed by atoms with Gasteiger partial charge in [-0.3, -0.25) is 0 Å². The molecule has 1 aromatic carbocycles. The number of hydrogen-bond acceptors (Lipinski definition) is 2. The summed E-state index contributed by atoms with van der Waals surface area (Å²) in [5.41, 5.74) is 0. The molecule has 0 unspecified atom stereocenters. The fourth-order valence-electron chi connectivity index (χ4n) is 1.36. The second kappa shape index (κ2) is 8.25. The molecular formula is C13H19Cl2NS. The van der Waals surface area contributed by atoms with Crippen LogP contribution in [-0.4, -0.2) is 18.8 Å².